The average molecular weight is 166 g/mol. The zero-order chi connectivity index (χ0) is 8.72. The first-order valence-electron chi connectivity index (χ1n) is 4.55. The summed E-state index contributed by atoms with van der Waals surface area (Å²) in [6, 6.07) is 0. The van der Waals surface area contributed by atoms with E-state index >= 15 is 0 Å². The molecule has 0 aliphatic heterocycles. The van der Waals surface area contributed by atoms with Crippen LogP contribution in [0.1, 0.15) is 25.7 Å². The molecule has 2 aliphatic rings. The highest BCUT2D eigenvalue weighted by molar-refractivity contribution is 5.67. The number of carbonyl (C=O) groups is 1. The van der Waals surface area contributed by atoms with Crippen molar-refractivity contribution in [3.8, 4) is 0 Å². The van der Waals surface area contributed by atoms with Crippen molar-refractivity contribution in [3.63, 3.8) is 0 Å². The molecule has 2 nitrogen and oxygen atoms in total. The van der Waals surface area contributed by atoms with Crippen molar-refractivity contribution >= 4 is 5.97 Å². The van der Waals surface area contributed by atoms with Gasteiger partial charge < -0.3 is 5.11 Å². The van der Waals surface area contributed by atoms with E-state index in [4.69, 9.17) is 5.11 Å². The van der Waals surface area contributed by atoms with Gasteiger partial charge in [-0.15, -0.1) is 0 Å². The highest BCUT2D eigenvalue weighted by Gasteiger charge is 2.45. The number of carboxylic acids is 1. The Kier molecular flexibility index (Phi) is 1.71. The first-order chi connectivity index (χ1) is 5.66. The summed E-state index contributed by atoms with van der Waals surface area (Å²) >= 11 is 0. The zero-order valence-electron chi connectivity index (χ0n) is 7.12. The largest absolute Gasteiger partial charge is 0.481 e. The Hall–Kier alpha value is -0.790. The summed E-state index contributed by atoms with van der Waals surface area (Å²) in [6.07, 6.45) is 3.73. The Balaban J connectivity index is 1.91. The normalized spacial score (nSPS) is 39.0. The minimum absolute atomic E-state index is 0.369. The molecular formula is C10H14O2. The number of hydrogen-bond donors (Lipinski definition) is 1. The van der Waals surface area contributed by atoms with Crippen molar-refractivity contribution in [2.75, 3.05) is 0 Å². The zero-order valence-corrected chi connectivity index (χ0v) is 7.12. The number of rotatable bonds is 2. The van der Waals surface area contributed by atoms with Crippen LogP contribution in [0.25, 0.3) is 0 Å². The second-order valence-electron chi connectivity index (χ2n) is 4.18. The molecule has 0 radical (unpaired) electrons. The van der Waals surface area contributed by atoms with Gasteiger partial charge in [-0.25, -0.2) is 0 Å². The molecule has 12 heavy (non-hydrogen) atoms. The van der Waals surface area contributed by atoms with E-state index < -0.39 is 5.97 Å². The summed E-state index contributed by atoms with van der Waals surface area (Å²) in [6.45, 7) is 3.96. The van der Waals surface area contributed by atoms with Gasteiger partial charge in [0.15, 0.2) is 0 Å². The van der Waals surface area contributed by atoms with E-state index in [2.05, 4.69) is 6.58 Å². The van der Waals surface area contributed by atoms with E-state index in [0.29, 0.717) is 18.3 Å². The van der Waals surface area contributed by atoms with Gasteiger partial charge in [-0.2, -0.15) is 0 Å². The lowest BCUT2D eigenvalue weighted by molar-refractivity contribution is -0.140. The van der Waals surface area contributed by atoms with E-state index in [0.717, 1.165) is 25.2 Å². The van der Waals surface area contributed by atoms with Crippen molar-refractivity contribution in [1.29, 1.82) is 0 Å². The lowest BCUT2D eigenvalue weighted by atomic mass is 9.65. The molecule has 0 saturated heterocycles. The number of carboxylic acid groups (broad SMARTS) is 1. The highest BCUT2D eigenvalue weighted by Crippen LogP contribution is 2.53. The molecule has 0 aromatic rings. The quantitative estimate of drug-likeness (QED) is 0.637. The summed E-state index contributed by atoms with van der Waals surface area (Å²) in [5, 5.41) is 8.61. The van der Waals surface area contributed by atoms with E-state index in [1.54, 1.807) is 0 Å². The van der Waals surface area contributed by atoms with Crippen LogP contribution in [0.2, 0.25) is 0 Å². The molecule has 2 fully saturated rings. The van der Waals surface area contributed by atoms with Gasteiger partial charge in [0.05, 0.1) is 0 Å². The Morgan fingerprint density at radius 1 is 1.58 bits per heavy atom. The number of fused-ring (bicyclic) bond motifs is 1. The van der Waals surface area contributed by atoms with Crippen LogP contribution in [0.15, 0.2) is 12.2 Å². The second kappa shape index (κ2) is 2.61. The molecule has 0 spiro atoms. The van der Waals surface area contributed by atoms with Crippen LogP contribution in [-0.2, 0) is 4.79 Å². The van der Waals surface area contributed by atoms with Gasteiger partial charge in [0.2, 0.25) is 0 Å². The molecule has 66 valence electrons. The summed E-state index contributed by atoms with van der Waals surface area (Å²) in [4.78, 5) is 10.5. The van der Waals surface area contributed by atoms with Crippen molar-refractivity contribution in [3.05, 3.63) is 12.2 Å². The third-order valence-corrected chi connectivity index (χ3v) is 3.33. The van der Waals surface area contributed by atoms with E-state index in [-0.39, 0.29) is 0 Å². The molecule has 2 saturated carbocycles. The summed E-state index contributed by atoms with van der Waals surface area (Å²) in [5.41, 5.74) is 1.33. The van der Waals surface area contributed by atoms with Crippen molar-refractivity contribution in [2.24, 2.45) is 17.8 Å². The third-order valence-electron chi connectivity index (χ3n) is 3.33. The van der Waals surface area contributed by atoms with E-state index in [9.17, 15) is 4.79 Å². The van der Waals surface area contributed by atoms with Crippen LogP contribution < -0.4 is 0 Å². The Morgan fingerprint density at radius 3 is 2.92 bits per heavy atom. The maximum Gasteiger partial charge on any atom is 0.303 e. The highest BCUT2D eigenvalue weighted by atomic mass is 16.4. The molecule has 0 heterocycles. The van der Waals surface area contributed by atoms with E-state index in [1.807, 2.05) is 0 Å². The van der Waals surface area contributed by atoms with Crippen LogP contribution in [0.3, 0.4) is 0 Å². The van der Waals surface area contributed by atoms with Gasteiger partial charge in [0.1, 0.15) is 0 Å². The lowest BCUT2D eigenvalue weighted by Crippen LogP contribution is -2.33. The Bertz CT molecular complexity index is 232. The Morgan fingerprint density at radius 2 is 2.33 bits per heavy atom. The molecule has 1 N–H and O–H groups in total. The molecule has 0 amide bonds. The maximum atomic E-state index is 10.5. The monoisotopic (exact) mass is 166 g/mol. The van der Waals surface area contributed by atoms with Crippen LogP contribution in [0, 0.1) is 17.8 Å². The van der Waals surface area contributed by atoms with Crippen LogP contribution in [0.4, 0.5) is 0 Å². The first kappa shape index (κ1) is 7.84. The average Bonchev–Trinajstić information content (AvgIpc) is 2.24. The molecule has 2 rings (SSSR count). The maximum absolute atomic E-state index is 10.5. The minimum Gasteiger partial charge on any atom is -0.481 e. The van der Waals surface area contributed by atoms with Gasteiger partial charge in [-0.05, 0) is 37.0 Å². The fraction of sp³-hybridized carbons (Fsp3) is 0.700. The van der Waals surface area contributed by atoms with Gasteiger partial charge in [0, 0.05) is 6.42 Å². The predicted molar refractivity (Wildman–Crippen MR) is 45.7 cm³/mol. The van der Waals surface area contributed by atoms with Gasteiger partial charge in [0.25, 0.3) is 0 Å². The molecule has 0 bridgehead atoms. The standard InChI is InChI=1S/C10H14O2/c1-6-2-7-4-8(5-10(11)12)9(7)3-6/h7-9H,1-5H2,(H,11,12)/t7-,8-,9?/m1/s1. The van der Waals surface area contributed by atoms with Gasteiger partial charge in [-0.3, -0.25) is 4.79 Å². The number of hydrogen-bond acceptors (Lipinski definition) is 1. The number of aliphatic carboxylic acids is 1. The topological polar surface area (TPSA) is 37.3 Å². The summed E-state index contributed by atoms with van der Waals surface area (Å²) < 4.78 is 0. The Labute approximate surface area is 72.3 Å². The van der Waals surface area contributed by atoms with Gasteiger partial charge in [-0.1, -0.05) is 12.2 Å². The molecule has 2 aliphatic carbocycles. The molecule has 3 atom stereocenters. The SMILES string of the molecule is C=C1CC2[C@H](C1)C[C@@H]2CC(=O)O. The first-order valence-corrected chi connectivity index (χ1v) is 4.55. The summed E-state index contributed by atoms with van der Waals surface area (Å²) in [7, 11) is 0. The molecule has 0 aromatic carbocycles. The third kappa shape index (κ3) is 1.15. The van der Waals surface area contributed by atoms with Crippen molar-refractivity contribution in [1.82, 2.24) is 0 Å². The molecule has 1 unspecified atom stereocenters. The van der Waals surface area contributed by atoms with Crippen LogP contribution >= 0.6 is 0 Å². The minimum atomic E-state index is -0.643. The van der Waals surface area contributed by atoms with Crippen LogP contribution in [-0.4, -0.2) is 11.1 Å². The van der Waals surface area contributed by atoms with Crippen molar-refractivity contribution < 1.29 is 9.90 Å². The lowest BCUT2D eigenvalue weighted by Gasteiger charge is -2.39. The fourth-order valence-corrected chi connectivity index (χ4v) is 2.74. The van der Waals surface area contributed by atoms with Gasteiger partial charge >= 0.3 is 5.97 Å². The molecular weight excluding hydrogens is 152 g/mol. The summed E-state index contributed by atoms with van der Waals surface area (Å²) in [5.74, 6) is 1.25. The van der Waals surface area contributed by atoms with E-state index in [1.165, 1.54) is 5.57 Å². The predicted octanol–water partition coefficient (Wildman–Crippen LogP) is 2.06. The van der Waals surface area contributed by atoms with Crippen LogP contribution in [0.5, 0.6) is 0 Å². The molecule has 0 aromatic heterocycles. The number of allylic oxidation sites excluding steroid dienone is 1. The second-order valence-corrected chi connectivity index (χ2v) is 4.18. The molecule has 2 heteroatoms. The van der Waals surface area contributed by atoms with Crippen molar-refractivity contribution in [2.45, 2.75) is 25.7 Å². The smallest absolute Gasteiger partial charge is 0.303 e. The fourth-order valence-electron chi connectivity index (χ4n) is 2.74.